The Labute approximate surface area is 117 Å². The molecule has 1 heterocycles. The highest BCUT2D eigenvalue weighted by atomic mass is 19.1. The van der Waals surface area contributed by atoms with Crippen LogP contribution < -0.4 is 16.0 Å². The van der Waals surface area contributed by atoms with Crippen LogP contribution in [-0.2, 0) is 9.53 Å². The molecule has 6 heteroatoms. The Hall–Kier alpha value is -1.50. The molecule has 3 N–H and O–H groups in total. The van der Waals surface area contributed by atoms with Gasteiger partial charge in [-0.2, -0.15) is 0 Å². The molecule has 0 spiro atoms. The number of nitrogens with two attached hydrogens (primary N) is 1. The number of anilines is 1. The molecule has 2 atom stereocenters. The second kappa shape index (κ2) is 6.78. The van der Waals surface area contributed by atoms with Crippen molar-refractivity contribution in [1.82, 2.24) is 5.32 Å². The third-order valence-corrected chi connectivity index (χ3v) is 3.44. The molecular formula is C14H20FN3O2. The van der Waals surface area contributed by atoms with E-state index in [2.05, 4.69) is 5.32 Å². The number of carbonyl (C=O) groups is 1. The van der Waals surface area contributed by atoms with E-state index >= 15 is 0 Å². The summed E-state index contributed by atoms with van der Waals surface area (Å²) in [6, 6.07) is 6.65. The van der Waals surface area contributed by atoms with Gasteiger partial charge >= 0.3 is 0 Å². The van der Waals surface area contributed by atoms with Gasteiger partial charge < -0.3 is 20.7 Å². The number of nitrogens with zero attached hydrogens (tertiary/aromatic N) is 1. The third kappa shape index (κ3) is 3.15. The topological polar surface area (TPSA) is 67.6 Å². The SMILES string of the molecule is COC(c1ccc(N2CCNCC2=O)cc1)C(N)CF. The van der Waals surface area contributed by atoms with E-state index in [1.54, 1.807) is 4.90 Å². The lowest BCUT2D eigenvalue weighted by Gasteiger charge is -2.28. The smallest absolute Gasteiger partial charge is 0.240 e. The number of methoxy groups -OCH3 is 1. The van der Waals surface area contributed by atoms with Gasteiger partial charge in [-0.25, -0.2) is 4.39 Å². The Balaban J connectivity index is 2.14. The van der Waals surface area contributed by atoms with Crippen LogP contribution in [0.5, 0.6) is 0 Å². The Bertz CT molecular complexity index is 452. The molecule has 1 aromatic rings. The van der Waals surface area contributed by atoms with Crippen molar-refractivity contribution >= 4 is 11.6 Å². The van der Waals surface area contributed by atoms with Crippen molar-refractivity contribution in [3.8, 4) is 0 Å². The fourth-order valence-electron chi connectivity index (χ4n) is 2.36. The second-order valence-corrected chi connectivity index (χ2v) is 4.79. The standard InChI is InChI=1S/C14H20FN3O2/c1-20-14(12(16)8-15)10-2-4-11(5-3-10)18-7-6-17-9-13(18)19/h2-5,12,14,17H,6-9,16H2,1H3. The van der Waals surface area contributed by atoms with E-state index < -0.39 is 18.8 Å². The number of rotatable bonds is 5. The lowest BCUT2D eigenvalue weighted by atomic mass is 10.0. The van der Waals surface area contributed by atoms with Gasteiger partial charge in [-0.1, -0.05) is 12.1 Å². The molecule has 110 valence electrons. The van der Waals surface area contributed by atoms with Crippen LogP contribution in [0.3, 0.4) is 0 Å². The number of hydrogen-bond donors (Lipinski definition) is 2. The zero-order valence-corrected chi connectivity index (χ0v) is 11.5. The van der Waals surface area contributed by atoms with Crippen LogP contribution >= 0.6 is 0 Å². The van der Waals surface area contributed by atoms with Crippen LogP contribution in [0.25, 0.3) is 0 Å². The van der Waals surface area contributed by atoms with Gasteiger partial charge in [0, 0.05) is 25.9 Å². The Morgan fingerprint density at radius 1 is 1.45 bits per heavy atom. The molecule has 1 saturated heterocycles. The zero-order chi connectivity index (χ0) is 14.5. The van der Waals surface area contributed by atoms with Crippen LogP contribution in [0.4, 0.5) is 10.1 Å². The van der Waals surface area contributed by atoms with Crippen molar-refractivity contribution < 1.29 is 13.9 Å². The first-order valence-corrected chi connectivity index (χ1v) is 6.62. The van der Waals surface area contributed by atoms with Gasteiger partial charge in [0.1, 0.15) is 6.67 Å². The summed E-state index contributed by atoms with van der Waals surface area (Å²) in [7, 11) is 1.51. The van der Waals surface area contributed by atoms with Gasteiger partial charge in [0.25, 0.3) is 0 Å². The molecule has 0 saturated carbocycles. The van der Waals surface area contributed by atoms with Crippen LogP contribution in [0.2, 0.25) is 0 Å². The van der Waals surface area contributed by atoms with E-state index in [1.807, 2.05) is 24.3 Å². The molecule has 1 aliphatic heterocycles. The minimum absolute atomic E-state index is 0.0488. The summed E-state index contributed by atoms with van der Waals surface area (Å²) in [6.07, 6.45) is -0.479. The van der Waals surface area contributed by atoms with Crippen molar-refractivity contribution in [3.63, 3.8) is 0 Å². The summed E-state index contributed by atoms with van der Waals surface area (Å²) >= 11 is 0. The average molecular weight is 281 g/mol. The molecule has 2 rings (SSSR count). The molecule has 5 nitrogen and oxygen atoms in total. The quantitative estimate of drug-likeness (QED) is 0.829. The molecule has 20 heavy (non-hydrogen) atoms. The maximum Gasteiger partial charge on any atom is 0.240 e. The number of carbonyl (C=O) groups excluding carboxylic acids is 1. The largest absolute Gasteiger partial charge is 0.375 e. The third-order valence-electron chi connectivity index (χ3n) is 3.44. The monoisotopic (exact) mass is 281 g/mol. The van der Waals surface area contributed by atoms with Gasteiger partial charge in [0.05, 0.1) is 18.7 Å². The Morgan fingerprint density at radius 2 is 2.15 bits per heavy atom. The fourth-order valence-corrected chi connectivity index (χ4v) is 2.36. The molecule has 0 aliphatic carbocycles. The van der Waals surface area contributed by atoms with E-state index in [1.165, 1.54) is 7.11 Å². The van der Waals surface area contributed by atoms with Gasteiger partial charge in [-0.05, 0) is 17.7 Å². The number of amides is 1. The number of ether oxygens (including phenoxy) is 1. The highest BCUT2D eigenvalue weighted by Gasteiger charge is 2.22. The van der Waals surface area contributed by atoms with Crippen molar-refractivity contribution in [2.24, 2.45) is 5.73 Å². The maximum atomic E-state index is 12.7. The minimum Gasteiger partial charge on any atom is -0.375 e. The first-order valence-electron chi connectivity index (χ1n) is 6.62. The molecule has 0 radical (unpaired) electrons. The second-order valence-electron chi connectivity index (χ2n) is 4.79. The molecule has 1 fully saturated rings. The number of halogens is 1. The van der Waals surface area contributed by atoms with E-state index in [-0.39, 0.29) is 5.91 Å². The minimum atomic E-state index is -0.688. The highest BCUT2D eigenvalue weighted by Crippen LogP contribution is 2.23. The lowest BCUT2D eigenvalue weighted by Crippen LogP contribution is -2.48. The molecule has 2 unspecified atom stereocenters. The van der Waals surface area contributed by atoms with Gasteiger partial charge in [0.2, 0.25) is 5.91 Å². The normalized spacial score (nSPS) is 18.9. The summed E-state index contributed by atoms with van der Waals surface area (Å²) in [5.74, 6) is 0.0488. The number of benzene rings is 1. The first kappa shape index (κ1) is 14.9. The number of alkyl halides is 1. The van der Waals surface area contributed by atoms with E-state index in [4.69, 9.17) is 10.5 Å². The Kier molecular flexibility index (Phi) is 5.05. The van der Waals surface area contributed by atoms with Crippen LogP contribution in [-0.4, -0.2) is 45.4 Å². The lowest BCUT2D eigenvalue weighted by molar-refractivity contribution is -0.118. The number of nitrogens with one attached hydrogen (secondary N) is 1. The molecule has 1 aromatic carbocycles. The Morgan fingerprint density at radius 3 is 2.70 bits per heavy atom. The fraction of sp³-hybridized carbons (Fsp3) is 0.500. The van der Waals surface area contributed by atoms with E-state index in [9.17, 15) is 9.18 Å². The van der Waals surface area contributed by atoms with Gasteiger partial charge in [-0.3, -0.25) is 4.79 Å². The van der Waals surface area contributed by atoms with Crippen LogP contribution in [0.1, 0.15) is 11.7 Å². The van der Waals surface area contributed by atoms with Crippen molar-refractivity contribution in [2.75, 3.05) is 38.3 Å². The van der Waals surface area contributed by atoms with Gasteiger partial charge in [0.15, 0.2) is 0 Å². The van der Waals surface area contributed by atoms with Crippen LogP contribution in [0.15, 0.2) is 24.3 Å². The molecule has 0 bridgehead atoms. The number of piperazine rings is 1. The summed E-state index contributed by atoms with van der Waals surface area (Å²) in [6.45, 7) is 1.14. The molecule has 0 aromatic heterocycles. The predicted octanol–water partition coefficient (Wildman–Crippen LogP) is 0.607. The predicted molar refractivity (Wildman–Crippen MR) is 75.4 cm³/mol. The van der Waals surface area contributed by atoms with Crippen molar-refractivity contribution in [3.05, 3.63) is 29.8 Å². The first-order chi connectivity index (χ1) is 9.67. The molecule has 1 aliphatic rings. The summed E-state index contributed by atoms with van der Waals surface area (Å²) in [4.78, 5) is 13.5. The summed E-state index contributed by atoms with van der Waals surface area (Å²) in [5, 5.41) is 3.03. The molecule has 1 amide bonds. The summed E-state index contributed by atoms with van der Waals surface area (Å²) in [5.41, 5.74) is 7.34. The van der Waals surface area contributed by atoms with Crippen LogP contribution in [0, 0.1) is 0 Å². The van der Waals surface area contributed by atoms with E-state index in [0.717, 1.165) is 17.8 Å². The number of hydrogen-bond acceptors (Lipinski definition) is 4. The zero-order valence-electron chi connectivity index (χ0n) is 11.5. The van der Waals surface area contributed by atoms with E-state index in [0.29, 0.717) is 13.1 Å². The summed E-state index contributed by atoms with van der Waals surface area (Å²) < 4.78 is 17.9. The average Bonchev–Trinajstić information content (AvgIpc) is 2.49. The highest BCUT2D eigenvalue weighted by molar-refractivity contribution is 5.95. The van der Waals surface area contributed by atoms with Crippen molar-refractivity contribution in [2.45, 2.75) is 12.1 Å². The maximum absolute atomic E-state index is 12.7. The van der Waals surface area contributed by atoms with Gasteiger partial charge in [-0.15, -0.1) is 0 Å². The molecular weight excluding hydrogens is 261 g/mol. The van der Waals surface area contributed by atoms with Crippen molar-refractivity contribution in [1.29, 1.82) is 0 Å².